The van der Waals surface area contributed by atoms with Gasteiger partial charge in [0.2, 0.25) is 5.75 Å². The fraction of sp³-hybridized carbons (Fsp3) is 0.286. The summed E-state index contributed by atoms with van der Waals surface area (Å²) in [6, 6.07) is 0. The van der Waals surface area contributed by atoms with Crippen LogP contribution in [-0.2, 0) is 0 Å². The Morgan fingerprint density at radius 3 is 2.53 bits per heavy atom. The lowest BCUT2D eigenvalue weighted by Gasteiger charge is -2.12. The molecule has 0 aromatic carbocycles. The smallest absolute Gasteiger partial charge is 0.490 e. The van der Waals surface area contributed by atoms with Crippen LogP contribution in [0.2, 0.25) is 0 Å². The van der Waals surface area contributed by atoms with Gasteiger partial charge in [-0.15, -0.1) is 13.2 Å². The number of pyridine rings is 1. The monoisotopic (exact) mass is 364 g/mol. The first-order chi connectivity index (χ1) is 7.76. The molecule has 0 bridgehead atoms. The molecule has 0 aliphatic heterocycles. The van der Waals surface area contributed by atoms with Crippen LogP contribution in [0.1, 0.15) is 0 Å². The minimum Gasteiger partial charge on any atom is -0.490 e. The highest BCUT2D eigenvalue weighted by atomic mass is 127. The van der Waals surface area contributed by atoms with Gasteiger partial charge in [-0.3, -0.25) is 0 Å². The molecule has 1 aromatic heterocycles. The molecule has 0 N–H and O–H groups in total. The van der Waals surface area contributed by atoms with Crippen LogP contribution in [0.25, 0.3) is 0 Å². The molecule has 0 saturated carbocycles. The van der Waals surface area contributed by atoms with Crippen LogP contribution in [0.4, 0.5) is 19.0 Å². The zero-order valence-electron chi connectivity index (χ0n) is 8.12. The van der Waals surface area contributed by atoms with Crippen molar-refractivity contribution in [1.29, 1.82) is 0 Å². The van der Waals surface area contributed by atoms with Gasteiger partial charge in [-0.1, -0.05) is 0 Å². The van der Waals surface area contributed by atoms with E-state index >= 15 is 0 Å². The third kappa shape index (κ3) is 3.31. The number of halogens is 4. The van der Waals surface area contributed by atoms with Crippen LogP contribution in [0.5, 0.6) is 11.5 Å². The van der Waals surface area contributed by atoms with Crippen molar-refractivity contribution in [3.63, 3.8) is 0 Å². The van der Waals surface area contributed by atoms with E-state index in [1.807, 2.05) is 0 Å². The van der Waals surface area contributed by atoms with Crippen LogP contribution < -0.4 is 9.47 Å². The summed E-state index contributed by atoms with van der Waals surface area (Å²) < 4.78 is 44.2. The van der Waals surface area contributed by atoms with Gasteiger partial charge in [0.1, 0.15) is 0 Å². The zero-order valence-corrected chi connectivity index (χ0v) is 10.3. The van der Waals surface area contributed by atoms with E-state index in [0.717, 1.165) is 13.3 Å². The lowest BCUT2D eigenvalue weighted by atomic mass is 10.4. The van der Waals surface area contributed by atoms with Crippen LogP contribution in [-0.4, -0.2) is 23.4 Å². The van der Waals surface area contributed by atoms with E-state index in [9.17, 15) is 23.3 Å². The zero-order chi connectivity index (χ0) is 13.2. The van der Waals surface area contributed by atoms with Gasteiger partial charge < -0.3 is 19.6 Å². The van der Waals surface area contributed by atoms with Gasteiger partial charge in [-0.05, 0) is 32.5 Å². The molecule has 0 spiro atoms. The average Bonchev–Trinajstić information content (AvgIpc) is 2.18. The fourth-order valence-electron chi connectivity index (χ4n) is 0.928. The van der Waals surface area contributed by atoms with Gasteiger partial charge in [-0.2, -0.15) is 0 Å². The second kappa shape index (κ2) is 4.89. The van der Waals surface area contributed by atoms with E-state index in [1.54, 1.807) is 0 Å². The molecule has 10 heteroatoms. The Kier molecular flexibility index (Phi) is 3.95. The number of aromatic nitrogens is 1. The molecule has 0 radical (unpaired) electrons. The second-order valence-corrected chi connectivity index (χ2v) is 3.68. The van der Waals surface area contributed by atoms with Crippen LogP contribution in [0.15, 0.2) is 6.20 Å². The topological polar surface area (TPSA) is 74.5 Å². The van der Waals surface area contributed by atoms with Gasteiger partial charge in [0, 0.05) is 0 Å². The molecule has 0 amide bonds. The molecule has 1 rings (SSSR count). The first-order valence-electron chi connectivity index (χ1n) is 3.89. The maximum Gasteiger partial charge on any atom is 0.573 e. The highest BCUT2D eigenvalue weighted by Crippen LogP contribution is 2.39. The number of hydrogen-bond donors (Lipinski definition) is 0. The standard InChI is InChI=1S/C7H4F3IN2O4/c1-16-3-2-12-6(13(14)15)4(11)5(3)17-7(8,9)10/h2H,1H3. The minimum absolute atomic E-state index is 0.336. The largest absolute Gasteiger partial charge is 0.573 e. The first kappa shape index (κ1) is 13.7. The molecule has 6 nitrogen and oxygen atoms in total. The van der Waals surface area contributed by atoms with Gasteiger partial charge >= 0.3 is 12.2 Å². The molecule has 94 valence electrons. The van der Waals surface area contributed by atoms with Gasteiger partial charge in [0.15, 0.2) is 15.5 Å². The highest BCUT2D eigenvalue weighted by molar-refractivity contribution is 14.1. The van der Waals surface area contributed by atoms with E-state index in [4.69, 9.17) is 0 Å². The van der Waals surface area contributed by atoms with Crippen LogP contribution >= 0.6 is 22.6 Å². The summed E-state index contributed by atoms with van der Waals surface area (Å²) in [6.45, 7) is 0. The summed E-state index contributed by atoms with van der Waals surface area (Å²) in [5.74, 6) is -1.84. The Morgan fingerprint density at radius 1 is 1.53 bits per heavy atom. The molecule has 0 aliphatic rings. The van der Waals surface area contributed by atoms with Crippen LogP contribution in [0, 0.1) is 13.7 Å². The number of ether oxygens (including phenoxy) is 2. The Labute approximate surface area is 106 Å². The maximum atomic E-state index is 12.1. The number of nitrogens with zero attached hydrogens (tertiary/aromatic N) is 2. The first-order valence-corrected chi connectivity index (χ1v) is 4.96. The number of methoxy groups -OCH3 is 1. The number of rotatable bonds is 3. The predicted molar refractivity (Wildman–Crippen MR) is 56.8 cm³/mol. The predicted octanol–water partition coefficient (Wildman–Crippen LogP) is 2.50. The molecule has 1 aromatic rings. The Morgan fingerprint density at radius 2 is 2.12 bits per heavy atom. The van der Waals surface area contributed by atoms with E-state index in [2.05, 4.69) is 14.5 Å². The number of hydrogen-bond acceptors (Lipinski definition) is 5. The average molecular weight is 364 g/mol. The van der Waals surface area contributed by atoms with Gasteiger partial charge in [-0.25, -0.2) is 0 Å². The number of alkyl halides is 3. The van der Waals surface area contributed by atoms with Crippen molar-refractivity contribution < 1.29 is 27.6 Å². The molecule has 1 heterocycles. The normalized spacial score (nSPS) is 11.1. The highest BCUT2D eigenvalue weighted by Gasteiger charge is 2.36. The lowest BCUT2D eigenvalue weighted by molar-refractivity contribution is -0.390. The van der Waals surface area contributed by atoms with Crippen molar-refractivity contribution in [2.75, 3.05) is 7.11 Å². The molecule has 0 unspecified atom stereocenters. The molecule has 0 aliphatic carbocycles. The lowest BCUT2D eigenvalue weighted by Crippen LogP contribution is -2.19. The summed E-state index contributed by atoms with van der Waals surface area (Å²) in [7, 11) is 1.10. The van der Waals surface area contributed by atoms with Crippen molar-refractivity contribution in [3.8, 4) is 11.5 Å². The van der Waals surface area contributed by atoms with E-state index in [1.165, 1.54) is 22.6 Å². The van der Waals surface area contributed by atoms with E-state index in [-0.39, 0.29) is 9.32 Å². The summed E-state index contributed by atoms with van der Waals surface area (Å²) in [6.07, 6.45) is -4.18. The SMILES string of the molecule is COc1cnc([N+](=O)[O-])c(I)c1OC(F)(F)F. The maximum absolute atomic E-state index is 12.1. The quantitative estimate of drug-likeness (QED) is 0.468. The Bertz CT molecular complexity index is 451. The van der Waals surface area contributed by atoms with Crippen molar-refractivity contribution in [3.05, 3.63) is 19.9 Å². The van der Waals surface area contributed by atoms with Crippen LogP contribution in [0.3, 0.4) is 0 Å². The molecule has 0 fully saturated rings. The molecule has 0 saturated heterocycles. The van der Waals surface area contributed by atoms with Gasteiger partial charge in [0.25, 0.3) is 0 Å². The molecular formula is C7H4F3IN2O4. The van der Waals surface area contributed by atoms with E-state index in [0.29, 0.717) is 0 Å². The third-order valence-electron chi connectivity index (χ3n) is 1.53. The molecule has 0 atom stereocenters. The summed E-state index contributed by atoms with van der Waals surface area (Å²) in [4.78, 5) is 12.9. The third-order valence-corrected chi connectivity index (χ3v) is 2.51. The van der Waals surface area contributed by atoms with Crippen molar-refractivity contribution in [2.24, 2.45) is 0 Å². The van der Waals surface area contributed by atoms with Crippen molar-refractivity contribution >= 4 is 28.4 Å². The summed E-state index contributed by atoms with van der Waals surface area (Å²) >= 11 is 1.34. The molecule has 17 heavy (non-hydrogen) atoms. The van der Waals surface area contributed by atoms with Gasteiger partial charge in [0.05, 0.1) is 7.11 Å². The Hall–Kier alpha value is -1.33. The van der Waals surface area contributed by atoms with E-state index < -0.39 is 22.9 Å². The summed E-state index contributed by atoms with van der Waals surface area (Å²) in [5, 5.41) is 10.5. The van der Waals surface area contributed by atoms with Crippen molar-refractivity contribution in [2.45, 2.75) is 6.36 Å². The second-order valence-electron chi connectivity index (χ2n) is 2.60. The van der Waals surface area contributed by atoms with Crippen molar-refractivity contribution in [1.82, 2.24) is 4.98 Å². The fourth-order valence-corrected chi connectivity index (χ4v) is 1.64. The number of nitro groups is 1. The summed E-state index contributed by atoms with van der Waals surface area (Å²) in [5.41, 5.74) is 0. The molecular weight excluding hydrogens is 360 g/mol. The minimum atomic E-state index is -4.97. The Balaban J connectivity index is 3.32.